The van der Waals surface area contributed by atoms with Gasteiger partial charge in [-0.15, -0.1) is 0 Å². The number of thioether (sulfide) groups is 1. The highest BCUT2D eigenvalue weighted by Gasteiger charge is 2.22. The Kier molecular flexibility index (Phi) is 7.03. The maximum atomic E-state index is 12.6. The smallest absolute Gasteiger partial charge is 0.241 e. The van der Waals surface area contributed by atoms with Crippen LogP contribution in [0.2, 0.25) is 0 Å². The van der Waals surface area contributed by atoms with E-state index in [1.807, 2.05) is 46.1 Å². The summed E-state index contributed by atoms with van der Waals surface area (Å²) in [6.45, 7) is 8.43. The fraction of sp³-hybridized carbons (Fsp3) is 0.600. The Morgan fingerprint density at radius 3 is 2.29 bits per heavy atom. The van der Waals surface area contributed by atoms with Gasteiger partial charge in [0.15, 0.2) is 0 Å². The molecule has 0 aliphatic carbocycles. The van der Waals surface area contributed by atoms with Gasteiger partial charge >= 0.3 is 0 Å². The lowest BCUT2D eigenvalue weighted by Crippen LogP contribution is -2.33. The van der Waals surface area contributed by atoms with Crippen molar-refractivity contribution in [3.8, 4) is 0 Å². The van der Waals surface area contributed by atoms with Crippen molar-refractivity contribution in [2.75, 3.05) is 23.9 Å². The van der Waals surface area contributed by atoms with E-state index in [0.717, 1.165) is 35.5 Å². The van der Waals surface area contributed by atoms with Gasteiger partial charge in [0, 0.05) is 18.3 Å². The van der Waals surface area contributed by atoms with Crippen molar-refractivity contribution in [1.29, 1.82) is 0 Å². The molecule has 0 saturated heterocycles. The predicted molar refractivity (Wildman–Crippen MR) is 92.9 cm³/mol. The van der Waals surface area contributed by atoms with Crippen LogP contribution in [0.25, 0.3) is 0 Å². The minimum absolute atomic E-state index is 0.0605. The minimum atomic E-state index is -3.47. The molecule has 0 aromatic heterocycles. The highest BCUT2D eigenvalue weighted by atomic mass is 32.2. The first kappa shape index (κ1) is 18.3. The molecule has 0 fully saturated rings. The molecule has 120 valence electrons. The van der Waals surface area contributed by atoms with Crippen molar-refractivity contribution < 1.29 is 8.42 Å². The normalized spacial score (nSPS) is 13.2. The van der Waals surface area contributed by atoms with E-state index in [-0.39, 0.29) is 6.04 Å². The second-order valence-electron chi connectivity index (χ2n) is 5.27. The van der Waals surface area contributed by atoms with Gasteiger partial charge < -0.3 is 5.32 Å². The van der Waals surface area contributed by atoms with E-state index in [2.05, 4.69) is 10.0 Å². The lowest BCUT2D eigenvalue weighted by atomic mass is 10.1. The summed E-state index contributed by atoms with van der Waals surface area (Å²) in [5.41, 5.74) is 2.51. The number of sulfonamides is 1. The van der Waals surface area contributed by atoms with Crippen LogP contribution < -0.4 is 10.0 Å². The van der Waals surface area contributed by atoms with Gasteiger partial charge in [-0.05, 0) is 69.4 Å². The second kappa shape index (κ2) is 8.06. The molecule has 0 spiro atoms. The van der Waals surface area contributed by atoms with E-state index in [9.17, 15) is 8.42 Å². The fourth-order valence-corrected chi connectivity index (χ4v) is 4.68. The summed E-state index contributed by atoms with van der Waals surface area (Å²) in [5.74, 6) is 0.945. The van der Waals surface area contributed by atoms with E-state index in [0.29, 0.717) is 4.90 Å². The van der Waals surface area contributed by atoms with Gasteiger partial charge in [0.25, 0.3) is 0 Å². The Morgan fingerprint density at radius 2 is 1.81 bits per heavy atom. The third-order valence-corrected chi connectivity index (χ3v) is 5.76. The van der Waals surface area contributed by atoms with Crippen molar-refractivity contribution in [3.05, 3.63) is 23.3 Å². The summed E-state index contributed by atoms with van der Waals surface area (Å²) < 4.78 is 27.9. The summed E-state index contributed by atoms with van der Waals surface area (Å²) in [6, 6.07) is 3.71. The third-order valence-electron chi connectivity index (χ3n) is 3.22. The molecule has 21 heavy (non-hydrogen) atoms. The van der Waals surface area contributed by atoms with Gasteiger partial charge in [-0.25, -0.2) is 13.1 Å². The molecular formula is C15H26N2O2S2. The molecular weight excluding hydrogens is 304 g/mol. The SMILES string of the molecule is CCNc1cc(C)c(S(=O)(=O)NC(C)CCSC)c(C)c1. The Bertz CT molecular complexity index is 548. The molecule has 0 radical (unpaired) electrons. The summed E-state index contributed by atoms with van der Waals surface area (Å²) in [7, 11) is -3.47. The molecule has 0 bridgehead atoms. The number of nitrogens with one attached hydrogen (secondary N) is 2. The van der Waals surface area contributed by atoms with Gasteiger partial charge in [-0.2, -0.15) is 11.8 Å². The molecule has 0 heterocycles. The van der Waals surface area contributed by atoms with Crippen LogP contribution in [-0.4, -0.2) is 33.0 Å². The number of anilines is 1. The number of benzene rings is 1. The zero-order valence-corrected chi connectivity index (χ0v) is 15.1. The van der Waals surface area contributed by atoms with E-state index < -0.39 is 10.0 Å². The predicted octanol–water partition coefficient (Wildman–Crippen LogP) is 3.16. The van der Waals surface area contributed by atoms with Crippen LogP contribution in [0, 0.1) is 13.8 Å². The van der Waals surface area contributed by atoms with E-state index >= 15 is 0 Å². The zero-order chi connectivity index (χ0) is 16.0. The quantitative estimate of drug-likeness (QED) is 0.769. The van der Waals surface area contributed by atoms with Crippen molar-refractivity contribution in [1.82, 2.24) is 4.72 Å². The Labute approximate surface area is 133 Å². The van der Waals surface area contributed by atoms with E-state index in [4.69, 9.17) is 0 Å². The van der Waals surface area contributed by atoms with Crippen molar-refractivity contribution in [2.24, 2.45) is 0 Å². The monoisotopic (exact) mass is 330 g/mol. The molecule has 0 aliphatic rings. The summed E-state index contributed by atoms with van der Waals surface area (Å²) >= 11 is 1.72. The second-order valence-corrected chi connectivity index (χ2v) is 7.91. The van der Waals surface area contributed by atoms with Crippen molar-refractivity contribution >= 4 is 27.5 Å². The molecule has 1 atom stereocenters. The largest absolute Gasteiger partial charge is 0.385 e. The average Bonchev–Trinajstić information content (AvgIpc) is 2.34. The average molecular weight is 331 g/mol. The molecule has 0 amide bonds. The van der Waals surface area contributed by atoms with E-state index in [1.165, 1.54) is 0 Å². The molecule has 2 N–H and O–H groups in total. The van der Waals surface area contributed by atoms with Crippen LogP contribution in [-0.2, 0) is 10.0 Å². The first-order valence-corrected chi connectivity index (χ1v) is 10.1. The molecule has 6 heteroatoms. The van der Waals surface area contributed by atoms with Gasteiger partial charge in [0.05, 0.1) is 4.90 Å². The Hall–Kier alpha value is -0.720. The van der Waals surface area contributed by atoms with Crippen LogP contribution in [0.15, 0.2) is 17.0 Å². The lowest BCUT2D eigenvalue weighted by Gasteiger charge is -2.18. The van der Waals surface area contributed by atoms with Crippen LogP contribution >= 0.6 is 11.8 Å². The first-order valence-electron chi connectivity index (χ1n) is 7.18. The van der Waals surface area contributed by atoms with Crippen LogP contribution in [0.5, 0.6) is 0 Å². The highest BCUT2D eigenvalue weighted by Crippen LogP contribution is 2.24. The zero-order valence-electron chi connectivity index (χ0n) is 13.5. The fourth-order valence-electron chi connectivity index (χ4n) is 2.36. The highest BCUT2D eigenvalue weighted by molar-refractivity contribution is 7.98. The summed E-state index contributed by atoms with van der Waals surface area (Å²) in [5, 5.41) is 3.22. The molecule has 1 aromatic rings. The van der Waals surface area contributed by atoms with Gasteiger partial charge in [-0.3, -0.25) is 0 Å². The number of hydrogen-bond acceptors (Lipinski definition) is 4. The van der Waals surface area contributed by atoms with Crippen LogP contribution in [0.4, 0.5) is 5.69 Å². The molecule has 1 rings (SSSR count). The standard InChI is InChI=1S/C15H26N2O2S2/c1-6-16-14-9-11(2)15(12(3)10-14)21(18,19)17-13(4)7-8-20-5/h9-10,13,16-17H,6-8H2,1-5H3. The van der Waals surface area contributed by atoms with Gasteiger partial charge in [0.2, 0.25) is 10.0 Å². The summed E-state index contributed by atoms with van der Waals surface area (Å²) in [6.07, 6.45) is 2.85. The summed E-state index contributed by atoms with van der Waals surface area (Å²) in [4.78, 5) is 0.403. The number of aryl methyl sites for hydroxylation is 2. The third kappa shape index (κ3) is 5.20. The molecule has 1 aromatic carbocycles. The molecule has 1 unspecified atom stereocenters. The van der Waals surface area contributed by atoms with Crippen molar-refractivity contribution in [2.45, 2.75) is 45.1 Å². The van der Waals surface area contributed by atoms with E-state index in [1.54, 1.807) is 11.8 Å². The Balaban J connectivity index is 3.03. The van der Waals surface area contributed by atoms with Crippen LogP contribution in [0.3, 0.4) is 0 Å². The van der Waals surface area contributed by atoms with Crippen molar-refractivity contribution in [3.63, 3.8) is 0 Å². The first-order chi connectivity index (χ1) is 9.81. The minimum Gasteiger partial charge on any atom is -0.385 e. The van der Waals surface area contributed by atoms with Gasteiger partial charge in [0.1, 0.15) is 0 Å². The maximum Gasteiger partial charge on any atom is 0.241 e. The molecule has 0 aliphatic heterocycles. The maximum absolute atomic E-state index is 12.6. The van der Waals surface area contributed by atoms with Crippen LogP contribution in [0.1, 0.15) is 31.4 Å². The number of rotatable bonds is 8. The topological polar surface area (TPSA) is 58.2 Å². The molecule has 0 saturated carbocycles. The Morgan fingerprint density at radius 1 is 1.24 bits per heavy atom. The lowest BCUT2D eigenvalue weighted by molar-refractivity contribution is 0.556. The van der Waals surface area contributed by atoms with Gasteiger partial charge in [-0.1, -0.05) is 0 Å². The number of hydrogen-bond donors (Lipinski definition) is 2. The molecule has 4 nitrogen and oxygen atoms in total.